The zero-order valence-corrected chi connectivity index (χ0v) is 19.3. The summed E-state index contributed by atoms with van der Waals surface area (Å²) in [6.45, 7) is 1.95. The minimum atomic E-state index is -0.623. The van der Waals surface area contributed by atoms with E-state index >= 15 is 0 Å². The Balaban J connectivity index is 1.76. The lowest BCUT2D eigenvalue weighted by atomic mass is 10.1. The quantitative estimate of drug-likeness (QED) is 0.520. The summed E-state index contributed by atoms with van der Waals surface area (Å²) in [6.07, 6.45) is 4.25. The third-order valence-corrected chi connectivity index (χ3v) is 7.07. The molecule has 1 saturated carbocycles. The fourth-order valence-corrected chi connectivity index (χ4v) is 4.90. The Morgan fingerprint density at radius 3 is 2.33 bits per heavy atom. The Hall–Kier alpha value is -1.69. The van der Waals surface area contributed by atoms with Crippen molar-refractivity contribution in [1.29, 1.82) is 0 Å². The molecule has 1 aliphatic rings. The second-order valence-electron chi connectivity index (χ2n) is 7.49. The minimum absolute atomic E-state index is 0.131. The van der Waals surface area contributed by atoms with Crippen molar-refractivity contribution in [2.24, 2.45) is 0 Å². The molecule has 30 heavy (non-hydrogen) atoms. The number of halogens is 2. The molecule has 2 aromatic carbocycles. The fourth-order valence-electron chi connectivity index (χ4n) is 3.57. The van der Waals surface area contributed by atoms with E-state index in [9.17, 15) is 9.59 Å². The van der Waals surface area contributed by atoms with Gasteiger partial charge in [-0.3, -0.25) is 9.59 Å². The summed E-state index contributed by atoms with van der Waals surface area (Å²) >= 11 is 14.1. The summed E-state index contributed by atoms with van der Waals surface area (Å²) in [4.78, 5) is 28.6. The molecule has 1 fully saturated rings. The van der Waals surface area contributed by atoms with Crippen LogP contribution in [0.15, 0.2) is 53.4 Å². The van der Waals surface area contributed by atoms with Crippen LogP contribution in [0, 0.1) is 0 Å². The van der Waals surface area contributed by atoms with Crippen LogP contribution in [0.1, 0.15) is 38.2 Å². The summed E-state index contributed by atoms with van der Waals surface area (Å²) < 4.78 is 0. The van der Waals surface area contributed by atoms with Gasteiger partial charge in [-0.15, -0.1) is 11.8 Å². The van der Waals surface area contributed by atoms with Gasteiger partial charge in [0, 0.05) is 33.1 Å². The largest absolute Gasteiger partial charge is 0.352 e. The second kappa shape index (κ2) is 11.1. The number of nitrogens with one attached hydrogen (secondary N) is 1. The van der Waals surface area contributed by atoms with Crippen LogP contribution in [0.25, 0.3) is 0 Å². The van der Waals surface area contributed by atoms with Crippen molar-refractivity contribution in [3.05, 3.63) is 64.1 Å². The van der Waals surface area contributed by atoms with E-state index in [1.165, 1.54) is 11.8 Å². The van der Waals surface area contributed by atoms with Crippen molar-refractivity contribution >= 4 is 46.8 Å². The molecule has 0 spiro atoms. The van der Waals surface area contributed by atoms with Crippen LogP contribution < -0.4 is 5.32 Å². The summed E-state index contributed by atoms with van der Waals surface area (Å²) in [7, 11) is 0. The molecule has 1 aliphatic carbocycles. The van der Waals surface area contributed by atoms with Crippen LogP contribution in [-0.4, -0.2) is 34.6 Å². The number of carbonyl (C=O) groups excluding carboxylic acids is 2. The number of benzene rings is 2. The maximum atomic E-state index is 13.2. The first-order chi connectivity index (χ1) is 14.5. The lowest BCUT2D eigenvalue weighted by molar-refractivity contribution is -0.138. The van der Waals surface area contributed by atoms with E-state index in [0.29, 0.717) is 15.6 Å². The zero-order valence-electron chi connectivity index (χ0n) is 16.9. The molecule has 160 valence electrons. The molecule has 2 aromatic rings. The molecular formula is C23H26Cl2N2O2S. The highest BCUT2D eigenvalue weighted by Gasteiger charge is 2.29. The van der Waals surface area contributed by atoms with Crippen molar-refractivity contribution in [3.8, 4) is 0 Å². The second-order valence-corrected chi connectivity index (χ2v) is 9.35. The van der Waals surface area contributed by atoms with Crippen molar-refractivity contribution in [2.45, 2.75) is 56.1 Å². The first-order valence-corrected chi connectivity index (χ1v) is 11.9. The van der Waals surface area contributed by atoms with Crippen molar-refractivity contribution < 1.29 is 9.59 Å². The lowest BCUT2D eigenvalue weighted by Gasteiger charge is -2.30. The van der Waals surface area contributed by atoms with E-state index in [0.717, 1.165) is 30.6 Å². The Labute approximate surface area is 192 Å². The van der Waals surface area contributed by atoms with E-state index in [4.69, 9.17) is 23.2 Å². The van der Waals surface area contributed by atoms with Crippen LogP contribution in [0.5, 0.6) is 0 Å². The van der Waals surface area contributed by atoms with E-state index in [2.05, 4.69) is 5.32 Å². The highest BCUT2D eigenvalue weighted by molar-refractivity contribution is 8.00. The average molecular weight is 465 g/mol. The first-order valence-electron chi connectivity index (χ1n) is 10.2. The van der Waals surface area contributed by atoms with Gasteiger partial charge in [0.1, 0.15) is 6.04 Å². The Bertz CT molecular complexity index is 853. The average Bonchev–Trinajstić information content (AvgIpc) is 3.25. The normalized spacial score (nSPS) is 15.0. The summed E-state index contributed by atoms with van der Waals surface area (Å²) in [6, 6.07) is 14.6. The minimum Gasteiger partial charge on any atom is -0.352 e. The number of hydrogen-bond donors (Lipinski definition) is 1. The van der Waals surface area contributed by atoms with Crippen molar-refractivity contribution in [2.75, 3.05) is 5.75 Å². The molecule has 1 atom stereocenters. The van der Waals surface area contributed by atoms with E-state index in [-0.39, 0.29) is 30.2 Å². The first kappa shape index (κ1) is 23.0. The predicted molar refractivity (Wildman–Crippen MR) is 124 cm³/mol. The highest BCUT2D eigenvalue weighted by atomic mass is 35.5. The van der Waals surface area contributed by atoms with E-state index in [1.807, 2.05) is 30.3 Å². The molecule has 0 radical (unpaired) electrons. The van der Waals surface area contributed by atoms with Crippen molar-refractivity contribution in [3.63, 3.8) is 0 Å². The van der Waals surface area contributed by atoms with Gasteiger partial charge in [0.2, 0.25) is 11.8 Å². The standard InChI is InChI=1S/C23H26Cl2N2O2S/c1-16(23(29)26-17-8-5-6-9-17)27(14-19-20(24)12-7-13-21(19)25)22(28)15-30-18-10-3-2-4-11-18/h2-4,7,10-13,16-17H,5-6,8-9,14-15H2,1H3,(H,26,29)/t16-/m0/s1. The molecule has 1 N–H and O–H groups in total. The van der Waals surface area contributed by atoms with E-state index in [1.54, 1.807) is 30.0 Å². The van der Waals surface area contributed by atoms with Crippen LogP contribution in [0.3, 0.4) is 0 Å². The van der Waals surface area contributed by atoms with Gasteiger partial charge in [-0.1, -0.05) is 60.3 Å². The topological polar surface area (TPSA) is 49.4 Å². The number of thioether (sulfide) groups is 1. The Kier molecular flexibility index (Phi) is 8.49. The molecule has 3 rings (SSSR count). The van der Waals surface area contributed by atoms with Crippen LogP contribution in [-0.2, 0) is 16.1 Å². The van der Waals surface area contributed by atoms with E-state index < -0.39 is 6.04 Å². The van der Waals surface area contributed by atoms with Crippen molar-refractivity contribution in [1.82, 2.24) is 10.2 Å². The van der Waals surface area contributed by atoms with Crippen LogP contribution in [0.4, 0.5) is 0 Å². The van der Waals surface area contributed by atoms with Gasteiger partial charge in [0.25, 0.3) is 0 Å². The molecule has 0 aliphatic heterocycles. The number of carbonyl (C=O) groups is 2. The molecule has 0 aromatic heterocycles. The molecule has 0 heterocycles. The molecule has 0 saturated heterocycles. The van der Waals surface area contributed by atoms with Gasteiger partial charge >= 0.3 is 0 Å². The van der Waals surface area contributed by atoms with Gasteiger partial charge in [0.05, 0.1) is 5.75 Å². The van der Waals surface area contributed by atoms with Crippen LogP contribution in [0.2, 0.25) is 10.0 Å². The molecule has 0 unspecified atom stereocenters. The third-order valence-electron chi connectivity index (χ3n) is 5.36. The smallest absolute Gasteiger partial charge is 0.242 e. The number of nitrogens with zero attached hydrogens (tertiary/aromatic N) is 1. The third kappa shape index (κ3) is 6.16. The summed E-state index contributed by atoms with van der Waals surface area (Å²) in [5.41, 5.74) is 0.652. The lowest BCUT2D eigenvalue weighted by Crippen LogP contribution is -2.50. The predicted octanol–water partition coefficient (Wildman–Crippen LogP) is 5.56. The van der Waals surface area contributed by atoms with Gasteiger partial charge in [0.15, 0.2) is 0 Å². The van der Waals surface area contributed by atoms with Gasteiger partial charge in [-0.25, -0.2) is 0 Å². The summed E-state index contributed by atoms with van der Waals surface area (Å²) in [5, 5.41) is 4.07. The van der Waals surface area contributed by atoms with Crippen LogP contribution >= 0.6 is 35.0 Å². The number of amides is 2. The summed E-state index contributed by atoms with van der Waals surface area (Å²) in [5.74, 6) is -0.0373. The maximum absolute atomic E-state index is 13.2. The highest BCUT2D eigenvalue weighted by Crippen LogP contribution is 2.27. The monoisotopic (exact) mass is 464 g/mol. The number of hydrogen-bond acceptors (Lipinski definition) is 3. The van der Waals surface area contributed by atoms with Gasteiger partial charge in [-0.05, 0) is 44.0 Å². The van der Waals surface area contributed by atoms with Gasteiger partial charge < -0.3 is 10.2 Å². The SMILES string of the molecule is C[C@@H](C(=O)NC1CCCC1)N(Cc1c(Cl)cccc1Cl)C(=O)CSc1ccccc1. The maximum Gasteiger partial charge on any atom is 0.242 e. The number of rotatable bonds is 8. The Morgan fingerprint density at radius 1 is 1.07 bits per heavy atom. The molecular weight excluding hydrogens is 439 g/mol. The Morgan fingerprint density at radius 2 is 1.70 bits per heavy atom. The molecule has 0 bridgehead atoms. The molecule has 2 amide bonds. The fraction of sp³-hybridized carbons (Fsp3) is 0.391. The zero-order chi connectivity index (χ0) is 21.5. The van der Waals surface area contributed by atoms with Gasteiger partial charge in [-0.2, -0.15) is 0 Å². The molecule has 7 heteroatoms. The molecule has 4 nitrogen and oxygen atoms in total.